The van der Waals surface area contributed by atoms with Crippen LogP contribution in [-0.2, 0) is 0 Å². The first-order valence-electron chi connectivity index (χ1n) is 11.1. The van der Waals surface area contributed by atoms with Crippen molar-refractivity contribution in [3.05, 3.63) is 66.4 Å². The molecule has 29 heavy (non-hydrogen) atoms. The molecule has 1 saturated carbocycles. The zero-order valence-corrected chi connectivity index (χ0v) is 17.9. The summed E-state index contributed by atoms with van der Waals surface area (Å²) in [7, 11) is 0. The predicted octanol–water partition coefficient (Wildman–Crippen LogP) is 7.44. The van der Waals surface area contributed by atoms with E-state index in [1.807, 2.05) is 6.20 Å². The molecule has 0 saturated heterocycles. The maximum Gasteiger partial charge on any atom is 0.119 e. The summed E-state index contributed by atoms with van der Waals surface area (Å²) in [5.41, 5.74) is 5.38. The lowest BCUT2D eigenvalue weighted by atomic mass is 9.72. The Bertz CT molecular complexity index is 848. The lowest BCUT2D eigenvalue weighted by Crippen LogP contribution is -2.21. The molecule has 0 unspecified atom stereocenters. The number of hydrogen-bond donors (Lipinski definition) is 0. The van der Waals surface area contributed by atoms with Crippen molar-refractivity contribution in [2.45, 2.75) is 58.8 Å². The molecule has 0 aromatic heterocycles. The van der Waals surface area contributed by atoms with E-state index >= 15 is 0 Å². The van der Waals surface area contributed by atoms with Crippen molar-refractivity contribution in [3.63, 3.8) is 0 Å². The average Bonchev–Trinajstić information content (AvgIpc) is 3.28. The van der Waals surface area contributed by atoms with Gasteiger partial charge in [-0.25, -0.2) is 0 Å². The Morgan fingerprint density at radius 2 is 1.52 bits per heavy atom. The van der Waals surface area contributed by atoms with E-state index in [0.717, 1.165) is 36.8 Å². The lowest BCUT2D eigenvalue weighted by molar-refractivity contribution is 0.177. The maximum absolute atomic E-state index is 5.99. The number of benzene rings is 2. The van der Waals surface area contributed by atoms with Crippen LogP contribution >= 0.6 is 0 Å². The smallest absolute Gasteiger partial charge is 0.119 e. The molecule has 1 fully saturated rings. The third-order valence-electron chi connectivity index (χ3n) is 6.54. The van der Waals surface area contributed by atoms with Gasteiger partial charge in [0.15, 0.2) is 0 Å². The number of rotatable bonds is 7. The molecule has 1 aliphatic heterocycles. The summed E-state index contributed by atoms with van der Waals surface area (Å²) < 4.78 is 5.99. The van der Waals surface area contributed by atoms with Crippen molar-refractivity contribution in [1.82, 2.24) is 0 Å². The second-order valence-corrected chi connectivity index (χ2v) is 9.36. The monoisotopic (exact) mass is 387 g/mol. The number of nitrogens with zero attached hydrogens (tertiary/aromatic N) is 1. The fourth-order valence-corrected chi connectivity index (χ4v) is 4.46. The van der Waals surface area contributed by atoms with E-state index in [2.05, 4.69) is 73.4 Å². The largest absolute Gasteiger partial charge is 0.494 e. The van der Waals surface area contributed by atoms with Gasteiger partial charge in [0.05, 0.1) is 12.3 Å². The van der Waals surface area contributed by atoms with E-state index in [1.54, 1.807) is 0 Å². The Morgan fingerprint density at radius 3 is 2.14 bits per heavy atom. The van der Waals surface area contributed by atoms with Gasteiger partial charge in [-0.3, -0.25) is 4.99 Å². The molecule has 2 aromatic carbocycles. The summed E-state index contributed by atoms with van der Waals surface area (Å²) in [6.45, 7) is 5.64. The Morgan fingerprint density at radius 1 is 0.897 bits per heavy atom. The molecule has 1 aliphatic carbocycles. The molecule has 2 aliphatic rings. The zero-order valence-electron chi connectivity index (χ0n) is 17.9. The molecule has 0 spiro atoms. The molecule has 4 rings (SSSR count). The van der Waals surface area contributed by atoms with E-state index in [0.29, 0.717) is 5.41 Å². The topological polar surface area (TPSA) is 21.6 Å². The van der Waals surface area contributed by atoms with Gasteiger partial charge in [0.25, 0.3) is 0 Å². The first kappa shape index (κ1) is 19.9. The van der Waals surface area contributed by atoms with E-state index in [1.165, 1.54) is 48.8 Å². The molecule has 0 radical (unpaired) electrons. The van der Waals surface area contributed by atoms with Gasteiger partial charge in [-0.15, -0.1) is 0 Å². The highest BCUT2D eigenvalue weighted by atomic mass is 16.5. The van der Waals surface area contributed by atoms with Crippen LogP contribution in [0.1, 0.15) is 64.4 Å². The van der Waals surface area contributed by atoms with Gasteiger partial charge in [-0.1, -0.05) is 56.3 Å². The van der Waals surface area contributed by atoms with Crippen LogP contribution in [0.3, 0.4) is 0 Å². The van der Waals surface area contributed by atoms with Crippen molar-refractivity contribution < 1.29 is 4.74 Å². The average molecular weight is 388 g/mol. The van der Waals surface area contributed by atoms with Gasteiger partial charge in [0, 0.05) is 12.6 Å². The van der Waals surface area contributed by atoms with Crippen LogP contribution in [0.5, 0.6) is 5.75 Å². The third-order valence-corrected chi connectivity index (χ3v) is 6.54. The Kier molecular flexibility index (Phi) is 6.18. The van der Waals surface area contributed by atoms with Gasteiger partial charge in [0.2, 0.25) is 0 Å². The third kappa shape index (κ3) is 5.38. The zero-order chi connectivity index (χ0) is 20.1. The lowest BCUT2D eigenvalue weighted by Gasteiger charge is -2.34. The van der Waals surface area contributed by atoms with Crippen LogP contribution in [0.15, 0.2) is 65.8 Å². The van der Waals surface area contributed by atoms with Crippen LogP contribution in [0.2, 0.25) is 0 Å². The fourth-order valence-electron chi connectivity index (χ4n) is 4.46. The van der Waals surface area contributed by atoms with Crippen LogP contribution in [0.4, 0.5) is 0 Å². The molecular weight excluding hydrogens is 354 g/mol. The van der Waals surface area contributed by atoms with Crippen molar-refractivity contribution in [1.29, 1.82) is 0 Å². The Hall–Kier alpha value is -2.35. The summed E-state index contributed by atoms with van der Waals surface area (Å²) in [5, 5.41) is 0. The predicted molar refractivity (Wildman–Crippen MR) is 123 cm³/mol. The molecule has 2 aromatic rings. The fraction of sp³-hybridized carbons (Fsp3) is 0.444. The van der Waals surface area contributed by atoms with Gasteiger partial charge < -0.3 is 4.74 Å². The highest BCUT2D eigenvalue weighted by molar-refractivity contribution is 6.03. The number of aliphatic imine (C=N–C) groups is 1. The van der Waals surface area contributed by atoms with E-state index in [9.17, 15) is 0 Å². The summed E-state index contributed by atoms with van der Waals surface area (Å²) in [5.74, 6) is 1.88. The molecule has 0 bridgehead atoms. The van der Waals surface area contributed by atoms with Gasteiger partial charge in [-0.2, -0.15) is 0 Å². The molecular formula is C27H33NO. The standard InChI is InChI=1S/C27H33NO/c1-27(2)17-15-21(16-18-27)5-4-20-29-25-13-11-23(12-14-25)22-7-9-24(10-8-22)26-6-3-19-28-26/h3,7-14,19,21H,4-6,15-18,20H2,1-2H3. The first-order valence-corrected chi connectivity index (χ1v) is 11.1. The normalized spacial score (nSPS) is 18.6. The molecule has 0 N–H and O–H groups in total. The van der Waals surface area contributed by atoms with Crippen molar-refractivity contribution in [3.8, 4) is 16.9 Å². The summed E-state index contributed by atoms with van der Waals surface area (Å²) in [6, 6.07) is 17.2. The Labute approximate surface area is 175 Å². The van der Waals surface area contributed by atoms with Crippen molar-refractivity contribution >= 4 is 5.71 Å². The molecule has 0 amide bonds. The number of hydrogen-bond acceptors (Lipinski definition) is 2. The second kappa shape index (κ2) is 8.98. The summed E-state index contributed by atoms with van der Waals surface area (Å²) in [6.07, 6.45) is 12.9. The number of ether oxygens (including phenoxy) is 1. The summed E-state index contributed by atoms with van der Waals surface area (Å²) in [4.78, 5) is 4.41. The minimum atomic E-state index is 0.566. The van der Waals surface area contributed by atoms with Crippen LogP contribution in [0, 0.1) is 11.3 Å². The Balaban J connectivity index is 1.23. The number of allylic oxidation sites excluding steroid dienone is 1. The second-order valence-electron chi connectivity index (χ2n) is 9.36. The van der Waals surface area contributed by atoms with E-state index in [-0.39, 0.29) is 0 Å². The highest BCUT2D eigenvalue weighted by Gasteiger charge is 2.26. The van der Waals surface area contributed by atoms with Gasteiger partial charge in [-0.05, 0) is 78.7 Å². The maximum atomic E-state index is 5.99. The first-order chi connectivity index (χ1) is 14.1. The van der Waals surface area contributed by atoms with Gasteiger partial charge in [0.1, 0.15) is 5.75 Å². The van der Waals surface area contributed by atoms with Crippen LogP contribution < -0.4 is 4.74 Å². The molecule has 2 heteroatoms. The quantitative estimate of drug-likeness (QED) is 0.452. The molecule has 0 atom stereocenters. The van der Waals surface area contributed by atoms with Crippen LogP contribution in [-0.4, -0.2) is 12.3 Å². The van der Waals surface area contributed by atoms with E-state index < -0.39 is 0 Å². The SMILES string of the molecule is CC1(C)CCC(CCCOc2ccc(-c3ccc(C4=NC=CC4)cc3)cc2)CC1. The summed E-state index contributed by atoms with van der Waals surface area (Å²) >= 11 is 0. The van der Waals surface area contributed by atoms with Crippen LogP contribution in [0.25, 0.3) is 11.1 Å². The minimum absolute atomic E-state index is 0.566. The molecule has 152 valence electrons. The van der Waals surface area contributed by atoms with Gasteiger partial charge >= 0.3 is 0 Å². The van der Waals surface area contributed by atoms with Crippen molar-refractivity contribution in [2.75, 3.05) is 6.61 Å². The molecule has 1 heterocycles. The molecule has 2 nitrogen and oxygen atoms in total. The highest BCUT2D eigenvalue weighted by Crippen LogP contribution is 2.39. The van der Waals surface area contributed by atoms with E-state index in [4.69, 9.17) is 4.74 Å². The van der Waals surface area contributed by atoms with Crippen molar-refractivity contribution in [2.24, 2.45) is 16.3 Å². The minimum Gasteiger partial charge on any atom is -0.494 e.